The highest BCUT2D eigenvalue weighted by Crippen LogP contribution is 2.33. The van der Waals surface area contributed by atoms with Crippen molar-refractivity contribution in [2.75, 3.05) is 20.3 Å². The van der Waals surface area contributed by atoms with Gasteiger partial charge >= 0.3 is 0 Å². The number of aryl methyl sites for hydroxylation is 1. The molecule has 2 N–H and O–H groups in total. The molecule has 0 saturated heterocycles. The van der Waals surface area contributed by atoms with E-state index in [1.165, 1.54) is 23.3 Å². The summed E-state index contributed by atoms with van der Waals surface area (Å²) in [4.78, 5) is 1.51. The Hall–Kier alpha value is -0.650. The van der Waals surface area contributed by atoms with Crippen molar-refractivity contribution < 1.29 is 4.74 Å². The molecule has 17 heavy (non-hydrogen) atoms. The molecule has 1 unspecified atom stereocenters. The molecule has 1 aromatic heterocycles. The van der Waals surface area contributed by atoms with Gasteiger partial charge in [-0.05, 0) is 48.5 Å². The fourth-order valence-corrected chi connectivity index (χ4v) is 3.34. The van der Waals surface area contributed by atoms with Crippen LogP contribution >= 0.6 is 23.6 Å². The molecule has 0 bridgehead atoms. The molecule has 94 valence electrons. The number of hydrogen-bond donors (Lipinski definition) is 2. The van der Waals surface area contributed by atoms with Crippen molar-refractivity contribution in [3.8, 4) is 0 Å². The van der Waals surface area contributed by atoms with E-state index in [-0.39, 0.29) is 0 Å². The van der Waals surface area contributed by atoms with Crippen molar-refractivity contribution >= 4 is 28.7 Å². The molecule has 0 aromatic carbocycles. The van der Waals surface area contributed by atoms with E-state index in [0.717, 1.165) is 18.1 Å². The van der Waals surface area contributed by atoms with E-state index in [1.54, 1.807) is 7.11 Å². The van der Waals surface area contributed by atoms with Gasteiger partial charge in [0.2, 0.25) is 0 Å². The van der Waals surface area contributed by atoms with Crippen LogP contribution in [-0.2, 0) is 11.2 Å². The predicted molar refractivity (Wildman–Crippen MR) is 75.6 cm³/mol. The fourth-order valence-electron chi connectivity index (χ4n) is 2.11. The van der Waals surface area contributed by atoms with E-state index >= 15 is 0 Å². The number of fused-ring (bicyclic) bond motifs is 1. The highest BCUT2D eigenvalue weighted by molar-refractivity contribution is 7.80. The summed E-state index contributed by atoms with van der Waals surface area (Å²) < 4.78 is 4.98. The van der Waals surface area contributed by atoms with Crippen molar-refractivity contribution in [1.82, 2.24) is 10.6 Å². The standard InChI is InChI=1S/C12H18N2OS2/c1-15-7-6-13-12(16)14-10-3-2-4-11-9(10)5-8-17-11/h5,8,10H,2-4,6-7H2,1H3,(H2,13,14,16). The van der Waals surface area contributed by atoms with E-state index in [1.807, 2.05) is 11.3 Å². The molecule has 0 spiro atoms. The predicted octanol–water partition coefficient (Wildman–Crippen LogP) is 2.24. The molecule has 5 heteroatoms. The van der Waals surface area contributed by atoms with Gasteiger partial charge in [0, 0.05) is 18.5 Å². The Morgan fingerprint density at radius 2 is 2.53 bits per heavy atom. The molecule has 1 aromatic rings. The van der Waals surface area contributed by atoms with E-state index < -0.39 is 0 Å². The summed E-state index contributed by atoms with van der Waals surface area (Å²) >= 11 is 7.13. The Morgan fingerprint density at radius 3 is 3.35 bits per heavy atom. The Bertz CT molecular complexity index is 378. The van der Waals surface area contributed by atoms with E-state index in [2.05, 4.69) is 22.1 Å². The van der Waals surface area contributed by atoms with Crippen LogP contribution in [0.25, 0.3) is 0 Å². The summed E-state index contributed by atoms with van der Waals surface area (Å²) in [6, 6.07) is 2.60. The third kappa shape index (κ3) is 3.40. The quantitative estimate of drug-likeness (QED) is 0.649. The Morgan fingerprint density at radius 1 is 1.65 bits per heavy atom. The van der Waals surface area contributed by atoms with Crippen molar-refractivity contribution in [2.24, 2.45) is 0 Å². The zero-order valence-electron chi connectivity index (χ0n) is 9.99. The first-order valence-electron chi connectivity index (χ1n) is 5.91. The zero-order valence-corrected chi connectivity index (χ0v) is 11.6. The van der Waals surface area contributed by atoms with Gasteiger partial charge in [0.25, 0.3) is 0 Å². The number of hydrogen-bond acceptors (Lipinski definition) is 3. The van der Waals surface area contributed by atoms with E-state index in [9.17, 15) is 0 Å². The molecule has 0 fully saturated rings. The lowest BCUT2D eigenvalue weighted by atomic mass is 9.94. The third-order valence-electron chi connectivity index (χ3n) is 2.95. The summed E-state index contributed by atoms with van der Waals surface area (Å²) in [7, 11) is 1.69. The minimum absolute atomic E-state index is 0.382. The number of nitrogens with one attached hydrogen (secondary N) is 2. The summed E-state index contributed by atoms with van der Waals surface area (Å²) in [5.74, 6) is 0. The first-order valence-corrected chi connectivity index (χ1v) is 7.19. The van der Waals surface area contributed by atoms with Crippen LogP contribution in [0.1, 0.15) is 29.3 Å². The minimum Gasteiger partial charge on any atom is -0.383 e. The molecule has 0 aliphatic heterocycles. The number of thiocarbonyl (C=S) groups is 1. The van der Waals surface area contributed by atoms with E-state index in [4.69, 9.17) is 17.0 Å². The second-order valence-corrected chi connectivity index (χ2v) is 5.55. The zero-order chi connectivity index (χ0) is 12.1. The molecular formula is C12H18N2OS2. The van der Waals surface area contributed by atoms with Gasteiger partial charge in [-0.15, -0.1) is 11.3 Å². The van der Waals surface area contributed by atoms with Crippen molar-refractivity contribution in [1.29, 1.82) is 0 Å². The second-order valence-electron chi connectivity index (χ2n) is 4.14. The molecule has 1 aliphatic carbocycles. The summed E-state index contributed by atoms with van der Waals surface area (Å²) in [5, 5.41) is 9.44. The van der Waals surface area contributed by atoms with Crippen molar-refractivity contribution in [2.45, 2.75) is 25.3 Å². The molecule has 1 atom stereocenters. The average Bonchev–Trinajstić information content (AvgIpc) is 2.78. The summed E-state index contributed by atoms with van der Waals surface area (Å²) in [6.07, 6.45) is 3.62. The van der Waals surface area contributed by atoms with Gasteiger partial charge in [-0.3, -0.25) is 0 Å². The lowest BCUT2D eigenvalue weighted by Crippen LogP contribution is -2.39. The maximum Gasteiger partial charge on any atom is 0.166 e. The molecular weight excluding hydrogens is 252 g/mol. The molecule has 1 heterocycles. The highest BCUT2D eigenvalue weighted by atomic mass is 32.1. The lowest BCUT2D eigenvalue weighted by molar-refractivity contribution is 0.203. The Balaban J connectivity index is 1.86. The van der Waals surface area contributed by atoms with Crippen LogP contribution in [0.5, 0.6) is 0 Å². The van der Waals surface area contributed by atoms with Gasteiger partial charge in [0.15, 0.2) is 5.11 Å². The van der Waals surface area contributed by atoms with Gasteiger partial charge in [-0.1, -0.05) is 0 Å². The summed E-state index contributed by atoms with van der Waals surface area (Å²) in [5.41, 5.74) is 1.43. The van der Waals surface area contributed by atoms with Crippen LogP contribution in [0.2, 0.25) is 0 Å². The maximum absolute atomic E-state index is 5.28. The van der Waals surface area contributed by atoms with Crippen LogP contribution < -0.4 is 10.6 Å². The highest BCUT2D eigenvalue weighted by Gasteiger charge is 2.21. The Kier molecular flexibility index (Phi) is 4.76. The normalized spacial score (nSPS) is 18.5. The largest absolute Gasteiger partial charge is 0.383 e. The first kappa shape index (κ1) is 12.8. The van der Waals surface area contributed by atoms with Gasteiger partial charge in [0.1, 0.15) is 0 Å². The molecule has 2 rings (SSSR count). The van der Waals surface area contributed by atoms with Crippen LogP contribution in [0.4, 0.5) is 0 Å². The van der Waals surface area contributed by atoms with Crippen LogP contribution in [0, 0.1) is 0 Å². The molecule has 3 nitrogen and oxygen atoms in total. The maximum atomic E-state index is 5.28. The molecule has 0 radical (unpaired) electrons. The van der Waals surface area contributed by atoms with Crippen LogP contribution in [0.15, 0.2) is 11.4 Å². The fraction of sp³-hybridized carbons (Fsp3) is 0.583. The lowest BCUT2D eigenvalue weighted by Gasteiger charge is -2.25. The topological polar surface area (TPSA) is 33.3 Å². The average molecular weight is 270 g/mol. The van der Waals surface area contributed by atoms with Gasteiger partial charge in [-0.25, -0.2) is 0 Å². The monoisotopic (exact) mass is 270 g/mol. The second kappa shape index (κ2) is 6.33. The van der Waals surface area contributed by atoms with Gasteiger partial charge in [-0.2, -0.15) is 0 Å². The molecule has 0 saturated carbocycles. The number of rotatable bonds is 4. The van der Waals surface area contributed by atoms with Crippen LogP contribution in [-0.4, -0.2) is 25.4 Å². The minimum atomic E-state index is 0.382. The Labute approximate surface area is 112 Å². The van der Waals surface area contributed by atoms with Crippen molar-refractivity contribution in [3.63, 3.8) is 0 Å². The van der Waals surface area contributed by atoms with Gasteiger partial charge in [0.05, 0.1) is 12.6 Å². The number of methoxy groups -OCH3 is 1. The molecule has 1 aliphatic rings. The smallest absolute Gasteiger partial charge is 0.166 e. The van der Waals surface area contributed by atoms with Gasteiger partial charge < -0.3 is 15.4 Å². The first-order chi connectivity index (χ1) is 8.31. The van der Waals surface area contributed by atoms with Crippen molar-refractivity contribution in [3.05, 3.63) is 21.9 Å². The van der Waals surface area contributed by atoms with Crippen LogP contribution in [0.3, 0.4) is 0 Å². The number of thiophene rings is 1. The number of ether oxygens (including phenoxy) is 1. The van der Waals surface area contributed by atoms with E-state index in [0.29, 0.717) is 12.6 Å². The third-order valence-corrected chi connectivity index (χ3v) is 4.21. The molecule has 0 amide bonds. The summed E-state index contributed by atoms with van der Waals surface area (Å²) in [6.45, 7) is 1.43. The SMILES string of the molecule is COCCNC(=S)NC1CCCc2sccc21.